The third kappa shape index (κ3) is 4.19. The zero-order valence-electron chi connectivity index (χ0n) is 12.9. The van der Waals surface area contributed by atoms with Gasteiger partial charge in [0.2, 0.25) is 0 Å². The predicted molar refractivity (Wildman–Crippen MR) is 85.4 cm³/mol. The zero-order chi connectivity index (χ0) is 15.2. The van der Waals surface area contributed by atoms with Crippen LogP contribution in [0, 0.1) is 6.92 Å². The number of benzene rings is 2. The van der Waals surface area contributed by atoms with Crippen LogP contribution < -0.4 is 0 Å². The van der Waals surface area contributed by atoms with Gasteiger partial charge in [0, 0.05) is 0 Å². The van der Waals surface area contributed by atoms with Crippen LogP contribution in [0.3, 0.4) is 0 Å². The lowest BCUT2D eigenvalue weighted by molar-refractivity contribution is 0.0472. The first-order valence-electron chi connectivity index (χ1n) is 7.42. The van der Waals surface area contributed by atoms with Crippen LogP contribution in [0.2, 0.25) is 0 Å². The van der Waals surface area contributed by atoms with Crippen molar-refractivity contribution in [3.63, 3.8) is 0 Å². The molecule has 2 rings (SSSR count). The van der Waals surface area contributed by atoms with Gasteiger partial charge in [0.25, 0.3) is 0 Å². The van der Waals surface area contributed by atoms with Gasteiger partial charge in [-0.25, -0.2) is 4.79 Å². The van der Waals surface area contributed by atoms with Gasteiger partial charge in [-0.3, -0.25) is 0 Å². The van der Waals surface area contributed by atoms with Crippen LogP contribution in [-0.4, -0.2) is 5.97 Å². The number of esters is 1. The first-order valence-corrected chi connectivity index (χ1v) is 7.42. The molecule has 2 aromatic carbocycles. The Morgan fingerprint density at radius 2 is 1.67 bits per heavy atom. The van der Waals surface area contributed by atoms with E-state index in [9.17, 15) is 4.79 Å². The monoisotopic (exact) mass is 282 g/mol. The van der Waals surface area contributed by atoms with Crippen molar-refractivity contribution in [2.24, 2.45) is 0 Å². The summed E-state index contributed by atoms with van der Waals surface area (Å²) in [6.45, 7) is 6.69. The molecule has 2 nitrogen and oxygen atoms in total. The average molecular weight is 282 g/mol. The van der Waals surface area contributed by atoms with Gasteiger partial charge in [-0.15, -0.1) is 0 Å². The van der Waals surface area contributed by atoms with E-state index in [0.717, 1.165) is 12.0 Å². The van der Waals surface area contributed by atoms with Crippen molar-refractivity contribution in [3.05, 3.63) is 70.8 Å². The molecule has 21 heavy (non-hydrogen) atoms. The van der Waals surface area contributed by atoms with Gasteiger partial charge >= 0.3 is 5.97 Å². The summed E-state index contributed by atoms with van der Waals surface area (Å²) in [5.74, 6) is 0.244. The summed E-state index contributed by atoms with van der Waals surface area (Å²) in [7, 11) is 0. The average Bonchev–Trinajstić information content (AvgIpc) is 2.53. The minimum atomic E-state index is -0.272. The van der Waals surface area contributed by atoms with Crippen molar-refractivity contribution in [1.82, 2.24) is 0 Å². The Hall–Kier alpha value is -2.09. The lowest BCUT2D eigenvalue weighted by atomic mass is 9.98. The van der Waals surface area contributed by atoms with E-state index in [1.165, 1.54) is 11.1 Å². The van der Waals surface area contributed by atoms with Crippen LogP contribution in [0.4, 0.5) is 0 Å². The van der Waals surface area contributed by atoms with Crippen molar-refractivity contribution >= 4 is 5.97 Å². The molecule has 0 amide bonds. The topological polar surface area (TPSA) is 26.3 Å². The summed E-state index contributed by atoms with van der Waals surface area (Å²) in [5.41, 5.74) is 4.07. The second-order valence-corrected chi connectivity index (χ2v) is 5.49. The lowest BCUT2D eigenvalue weighted by Gasteiger charge is -2.10. The molecule has 0 aliphatic heterocycles. The van der Waals surface area contributed by atoms with E-state index >= 15 is 0 Å². The number of carbonyl (C=O) groups excluding carboxylic acids is 1. The fraction of sp³-hybridized carbons (Fsp3) is 0.316. The molecule has 2 heteroatoms. The third-order valence-corrected chi connectivity index (χ3v) is 3.82. The minimum absolute atomic E-state index is 0.272. The summed E-state index contributed by atoms with van der Waals surface area (Å²) in [5, 5.41) is 0. The predicted octanol–water partition coefficient (Wildman–Crippen LogP) is 4.87. The Kier molecular flexibility index (Phi) is 5.15. The Bertz CT molecular complexity index is 582. The maximum absolute atomic E-state index is 12.0. The molecule has 1 atom stereocenters. The summed E-state index contributed by atoms with van der Waals surface area (Å²) in [6, 6.07) is 15.7. The number of hydrogen-bond donors (Lipinski definition) is 0. The standard InChI is InChI=1S/C19H22O2/c1-4-15(3)17-9-11-18(12-10-17)19(20)21-13-16-7-5-14(2)6-8-16/h5-12,15H,4,13H2,1-3H3. The van der Waals surface area contributed by atoms with Crippen molar-refractivity contribution in [2.75, 3.05) is 0 Å². The molecule has 2 aromatic rings. The van der Waals surface area contributed by atoms with E-state index in [-0.39, 0.29) is 5.97 Å². The lowest BCUT2D eigenvalue weighted by Crippen LogP contribution is -2.05. The first kappa shape index (κ1) is 15.3. The SMILES string of the molecule is CCC(C)c1ccc(C(=O)OCc2ccc(C)cc2)cc1. The zero-order valence-corrected chi connectivity index (χ0v) is 12.9. The smallest absolute Gasteiger partial charge is 0.338 e. The van der Waals surface area contributed by atoms with Crippen molar-refractivity contribution in [1.29, 1.82) is 0 Å². The Labute approximate surface area is 126 Å². The molecule has 0 saturated carbocycles. The third-order valence-electron chi connectivity index (χ3n) is 3.82. The maximum atomic E-state index is 12.0. The van der Waals surface area contributed by atoms with E-state index < -0.39 is 0 Å². The molecular formula is C19H22O2. The van der Waals surface area contributed by atoms with E-state index in [4.69, 9.17) is 4.74 Å². The molecule has 0 aromatic heterocycles. The summed E-state index contributed by atoms with van der Waals surface area (Å²) >= 11 is 0. The van der Waals surface area contributed by atoms with Gasteiger partial charge in [-0.1, -0.05) is 55.8 Å². The molecule has 1 unspecified atom stereocenters. The normalized spacial score (nSPS) is 12.0. The Morgan fingerprint density at radius 1 is 1.05 bits per heavy atom. The van der Waals surface area contributed by atoms with E-state index in [2.05, 4.69) is 13.8 Å². The van der Waals surface area contributed by atoms with Crippen molar-refractivity contribution in [3.8, 4) is 0 Å². The molecule has 0 fully saturated rings. The summed E-state index contributed by atoms with van der Waals surface area (Å²) in [4.78, 5) is 12.0. The van der Waals surface area contributed by atoms with Crippen LogP contribution in [0.1, 0.15) is 53.2 Å². The summed E-state index contributed by atoms with van der Waals surface area (Å²) < 4.78 is 5.34. The molecular weight excluding hydrogens is 260 g/mol. The second kappa shape index (κ2) is 7.07. The number of aryl methyl sites for hydroxylation is 1. The molecule has 0 saturated heterocycles. The molecule has 0 aliphatic rings. The number of hydrogen-bond acceptors (Lipinski definition) is 2. The molecule has 0 aliphatic carbocycles. The highest BCUT2D eigenvalue weighted by Crippen LogP contribution is 2.19. The number of ether oxygens (including phenoxy) is 1. The van der Waals surface area contributed by atoms with E-state index in [0.29, 0.717) is 18.1 Å². The highest BCUT2D eigenvalue weighted by molar-refractivity contribution is 5.89. The number of rotatable bonds is 5. The number of carbonyl (C=O) groups is 1. The molecule has 0 heterocycles. The molecule has 0 radical (unpaired) electrons. The van der Waals surface area contributed by atoms with Crippen LogP contribution >= 0.6 is 0 Å². The van der Waals surface area contributed by atoms with Crippen LogP contribution in [0.25, 0.3) is 0 Å². The van der Waals surface area contributed by atoms with Gasteiger partial charge in [-0.2, -0.15) is 0 Å². The fourth-order valence-electron chi connectivity index (χ4n) is 2.10. The van der Waals surface area contributed by atoms with E-state index in [1.807, 2.05) is 55.5 Å². The van der Waals surface area contributed by atoms with Crippen molar-refractivity contribution < 1.29 is 9.53 Å². The van der Waals surface area contributed by atoms with Gasteiger partial charge in [-0.05, 0) is 42.5 Å². The Balaban J connectivity index is 1.95. The molecule has 0 spiro atoms. The van der Waals surface area contributed by atoms with Gasteiger partial charge in [0.15, 0.2) is 0 Å². The molecule has 0 N–H and O–H groups in total. The van der Waals surface area contributed by atoms with Crippen molar-refractivity contribution in [2.45, 2.75) is 39.7 Å². The molecule has 110 valence electrons. The van der Waals surface area contributed by atoms with Crippen LogP contribution in [-0.2, 0) is 11.3 Å². The Morgan fingerprint density at radius 3 is 2.24 bits per heavy atom. The largest absolute Gasteiger partial charge is 0.457 e. The van der Waals surface area contributed by atoms with Gasteiger partial charge < -0.3 is 4.74 Å². The van der Waals surface area contributed by atoms with E-state index in [1.54, 1.807) is 0 Å². The first-order chi connectivity index (χ1) is 10.1. The second-order valence-electron chi connectivity index (χ2n) is 5.49. The summed E-state index contributed by atoms with van der Waals surface area (Å²) in [6.07, 6.45) is 1.09. The van der Waals surface area contributed by atoms with Crippen LogP contribution in [0.15, 0.2) is 48.5 Å². The maximum Gasteiger partial charge on any atom is 0.338 e. The fourth-order valence-corrected chi connectivity index (χ4v) is 2.10. The quantitative estimate of drug-likeness (QED) is 0.732. The molecule has 0 bridgehead atoms. The van der Waals surface area contributed by atoms with Gasteiger partial charge in [0.05, 0.1) is 5.56 Å². The van der Waals surface area contributed by atoms with Gasteiger partial charge in [0.1, 0.15) is 6.61 Å². The minimum Gasteiger partial charge on any atom is -0.457 e. The highest BCUT2D eigenvalue weighted by atomic mass is 16.5. The highest BCUT2D eigenvalue weighted by Gasteiger charge is 2.09. The van der Waals surface area contributed by atoms with Crippen LogP contribution in [0.5, 0.6) is 0 Å².